The number of carbonyl (C=O) groups is 2. The molecule has 3 aromatic carbocycles. The van der Waals surface area contributed by atoms with Gasteiger partial charge in [0.2, 0.25) is 0 Å². The van der Waals surface area contributed by atoms with Crippen LogP contribution in [-0.2, 0) is 17.8 Å². The molecule has 1 amide bonds. The summed E-state index contributed by atoms with van der Waals surface area (Å²) in [6.45, 7) is 2.36. The van der Waals surface area contributed by atoms with Crippen molar-refractivity contribution in [2.75, 3.05) is 13.2 Å². The molecule has 0 saturated carbocycles. The molecule has 0 spiro atoms. The largest absolute Gasteiger partial charge is 0.508 e. The third kappa shape index (κ3) is 6.47. The normalized spacial score (nSPS) is 10.6. The van der Waals surface area contributed by atoms with E-state index in [-0.39, 0.29) is 24.6 Å². The Morgan fingerprint density at radius 3 is 2.53 bits per heavy atom. The van der Waals surface area contributed by atoms with Crippen molar-refractivity contribution in [3.8, 4) is 22.9 Å². The number of carbonyl (C=O) groups excluding carboxylic acids is 2. The molecule has 0 aliphatic rings. The Kier molecular flexibility index (Phi) is 7.92. The van der Waals surface area contributed by atoms with E-state index in [4.69, 9.17) is 9.47 Å². The van der Waals surface area contributed by atoms with E-state index in [1.807, 2.05) is 61.5 Å². The summed E-state index contributed by atoms with van der Waals surface area (Å²) in [5, 5.41) is 18.4. The van der Waals surface area contributed by atoms with Crippen LogP contribution < -0.4 is 9.47 Å². The first-order chi connectivity index (χ1) is 17.5. The van der Waals surface area contributed by atoms with Gasteiger partial charge in [-0.2, -0.15) is 15.0 Å². The van der Waals surface area contributed by atoms with Gasteiger partial charge in [0.05, 0.1) is 30.2 Å². The Bertz CT molecular complexity index is 1310. The molecule has 1 heterocycles. The Hall–Kier alpha value is -4.66. The number of para-hydroxylation sites is 1. The van der Waals surface area contributed by atoms with Crippen LogP contribution in [0.3, 0.4) is 0 Å². The lowest BCUT2D eigenvalue weighted by Crippen LogP contribution is -2.34. The van der Waals surface area contributed by atoms with E-state index in [0.29, 0.717) is 25.1 Å². The average molecular weight is 487 g/mol. The lowest BCUT2D eigenvalue weighted by Gasteiger charge is -2.20. The predicted molar refractivity (Wildman–Crippen MR) is 132 cm³/mol. The highest BCUT2D eigenvalue weighted by Gasteiger charge is 2.17. The minimum absolute atomic E-state index is 0.0623. The number of aromatic nitrogens is 3. The van der Waals surface area contributed by atoms with Crippen LogP contribution >= 0.6 is 0 Å². The van der Waals surface area contributed by atoms with Crippen molar-refractivity contribution < 1.29 is 24.2 Å². The van der Waals surface area contributed by atoms with E-state index in [2.05, 4.69) is 10.2 Å². The van der Waals surface area contributed by atoms with Gasteiger partial charge >= 0.3 is 6.09 Å². The topological polar surface area (TPSA) is 107 Å². The van der Waals surface area contributed by atoms with Gasteiger partial charge in [-0.05, 0) is 61.0 Å². The zero-order valence-corrected chi connectivity index (χ0v) is 19.8. The zero-order chi connectivity index (χ0) is 25.3. The number of nitrogens with zero attached hydrogens (tertiary/aromatic N) is 4. The molecule has 0 fully saturated rings. The van der Waals surface area contributed by atoms with Gasteiger partial charge in [0.1, 0.15) is 23.5 Å². The fraction of sp³-hybridized carbons (Fsp3) is 0.185. The number of aldehydes is 1. The first-order valence-corrected chi connectivity index (χ1v) is 11.4. The molecule has 0 atom stereocenters. The number of aromatic hydroxyl groups is 1. The number of hydrogen-bond donors (Lipinski definition) is 1. The summed E-state index contributed by atoms with van der Waals surface area (Å²) >= 11 is 0. The van der Waals surface area contributed by atoms with Gasteiger partial charge in [-0.15, -0.1) is 0 Å². The third-order valence-corrected chi connectivity index (χ3v) is 5.34. The number of aryl methyl sites for hydroxylation is 1. The lowest BCUT2D eigenvalue weighted by atomic mass is 10.2. The molecule has 0 bridgehead atoms. The molecule has 4 aromatic rings. The lowest BCUT2D eigenvalue weighted by molar-refractivity contribution is -0.108. The molecule has 9 heteroatoms. The zero-order valence-electron chi connectivity index (χ0n) is 19.8. The van der Waals surface area contributed by atoms with Gasteiger partial charge in [-0.25, -0.2) is 4.79 Å². The molecular weight excluding hydrogens is 460 g/mol. The van der Waals surface area contributed by atoms with Crippen LogP contribution in [-0.4, -0.2) is 50.5 Å². The number of rotatable bonds is 10. The van der Waals surface area contributed by atoms with Crippen molar-refractivity contribution in [1.82, 2.24) is 19.9 Å². The number of ether oxygens (including phenoxy) is 2. The number of hydrogen-bond acceptors (Lipinski definition) is 7. The van der Waals surface area contributed by atoms with Crippen molar-refractivity contribution in [1.29, 1.82) is 0 Å². The van der Waals surface area contributed by atoms with Gasteiger partial charge in [-0.1, -0.05) is 30.3 Å². The van der Waals surface area contributed by atoms with Crippen LogP contribution in [0.5, 0.6) is 17.2 Å². The summed E-state index contributed by atoms with van der Waals surface area (Å²) in [5.41, 5.74) is 3.37. The summed E-state index contributed by atoms with van der Waals surface area (Å²) < 4.78 is 11.2. The summed E-state index contributed by atoms with van der Waals surface area (Å²) in [7, 11) is 0. The predicted octanol–water partition coefficient (Wildman–Crippen LogP) is 4.10. The molecule has 0 unspecified atom stereocenters. The number of phenols is 1. The van der Waals surface area contributed by atoms with Crippen LogP contribution in [0.15, 0.2) is 78.9 Å². The van der Waals surface area contributed by atoms with Gasteiger partial charge in [0.15, 0.2) is 0 Å². The van der Waals surface area contributed by atoms with Crippen molar-refractivity contribution in [2.45, 2.75) is 19.9 Å². The van der Waals surface area contributed by atoms with E-state index in [9.17, 15) is 14.7 Å². The molecule has 0 radical (unpaired) electrons. The Morgan fingerprint density at radius 2 is 1.78 bits per heavy atom. The fourth-order valence-corrected chi connectivity index (χ4v) is 3.51. The third-order valence-electron chi connectivity index (χ3n) is 5.34. The first kappa shape index (κ1) is 24.5. The highest BCUT2D eigenvalue weighted by atomic mass is 16.6. The SMILES string of the molecule is Cc1nn(-c2ccccc2)nc1CCOc1cccc(CN(CC=O)C(=O)Oc2ccc(O)cc2)c1. The average Bonchev–Trinajstić information content (AvgIpc) is 3.26. The number of phenolic OH excluding ortho intramolecular Hbond substituents is 1. The molecule has 1 N–H and O–H groups in total. The van der Waals surface area contributed by atoms with Crippen LogP contribution in [0.1, 0.15) is 17.0 Å². The quantitative estimate of drug-likeness (QED) is 0.336. The molecule has 0 aliphatic heterocycles. The number of benzene rings is 3. The van der Waals surface area contributed by atoms with E-state index in [0.717, 1.165) is 22.6 Å². The summed E-state index contributed by atoms with van der Waals surface area (Å²) in [6.07, 6.45) is 0.554. The molecule has 4 rings (SSSR count). The highest BCUT2D eigenvalue weighted by molar-refractivity contribution is 5.73. The fourth-order valence-electron chi connectivity index (χ4n) is 3.51. The standard InChI is InChI=1S/C27H26N4O5/c1-20-26(29-31(28-20)22-7-3-2-4-8-22)14-17-35-25-9-5-6-21(18-25)19-30(15-16-32)27(34)36-24-12-10-23(33)11-13-24/h2-13,16,18,33H,14-15,17,19H2,1H3. The second-order valence-electron chi connectivity index (χ2n) is 8.01. The molecule has 0 aliphatic carbocycles. The van der Waals surface area contributed by atoms with Gasteiger partial charge in [0, 0.05) is 13.0 Å². The van der Waals surface area contributed by atoms with Crippen molar-refractivity contribution in [3.05, 3.63) is 95.8 Å². The Morgan fingerprint density at radius 1 is 1.00 bits per heavy atom. The minimum atomic E-state index is -0.670. The van der Waals surface area contributed by atoms with Gasteiger partial charge in [-0.3, -0.25) is 4.90 Å². The monoisotopic (exact) mass is 486 g/mol. The molecule has 1 aromatic heterocycles. The van der Waals surface area contributed by atoms with E-state index >= 15 is 0 Å². The van der Waals surface area contributed by atoms with Crippen molar-refractivity contribution in [3.63, 3.8) is 0 Å². The van der Waals surface area contributed by atoms with Crippen molar-refractivity contribution in [2.24, 2.45) is 0 Å². The second kappa shape index (κ2) is 11.7. The summed E-state index contributed by atoms with van der Waals surface area (Å²) in [6, 6.07) is 22.8. The highest BCUT2D eigenvalue weighted by Crippen LogP contribution is 2.19. The van der Waals surface area contributed by atoms with Crippen LogP contribution in [0.25, 0.3) is 5.69 Å². The molecule has 184 valence electrons. The van der Waals surface area contributed by atoms with Crippen LogP contribution in [0, 0.1) is 6.92 Å². The number of amides is 1. The first-order valence-electron chi connectivity index (χ1n) is 11.4. The maximum atomic E-state index is 12.6. The maximum Gasteiger partial charge on any atom is 0.415 e. The van der Waals surface area contributed by atoms with Gasteiger partial charge in [0.25, 0.3) is 0 Å². The summed E-state index contributed by atoms with van der Waals surface area (Å²) in [5.74, 6) is 0.969. The molecule has 36 heavy (non-hydrogen) atoms. The van der Waals surface area contributed by atoms with Crippen LogP contribution in [0.2, 0.25) is 0 Å². The minimum Gasteiger partial charge on any atom is -0.508 e. The summed E-state index contributed by atoms with van der Waals surface area (Å²) in [4.78, 5) is 26.6. The molecule has 0 saturated heterocycles. The Labute approximate surface area is 208 Å². The van der Waals surface area contributed by atoms with E-state index < -0.39 is 6.09 Å². The van der Waals surface area contributed by atoms with Gasteiger partial charge < -0.3 is 19.4 Å². The smallest absolute Gasteiger partial charge is 0.415 e. The van der Waals surface area contributed by atoms with E-state index in [1.54, 1.807) is 4.80 Å². The second-order valence-corrected chi connectivity index (χ2v) is 8.01. The van der Waals surface area contributed by atoms with E-state index in [1.165, 1.54) is 29.2 Å². The molecular formula is C27H26N4O5. The molecule has 9 nitrogen and oxygen atoms in total. The van der Waals surface area contributed by atoms with Crippen molar-refractivity contribution >= 4 is 12.4 Å². The van der Waals surface area contributed by atoms with Crippen LogP contribution in [0.4, 0.5) is 4.79 Å². The Balaban J connectivity index is 1.35. The maximum absolute atomic E-state index is 12.6.